The van der Waals surface area contributed by atoms with Gasteiger partial charge < -0.3 is 29.0 Å². The number of carboxylic acids is 1. The molecule has 0 spiro atoms. The maximum atomic E-state index is 14.2. The van der Waals surface area contributed by atoms with Crippen LogP contribution >= 0.6 is 7.75 Å². The summed E-state index contributed by atoms with van der Waals surface area (Å²) in [4.78, 5) is 37.4. The molecule has 0 aliphatic carbocycles. The SMILES string of the molecule is CCCOC(=O)OC(OP(=O)(NC(=N)N(C)C(C(=O)O)C(C)C)OC(OC(=O)OCCC)C(C)CC)C(C)CC. The lowest BCUT2D eigenvalue weighted by Crippen LogP contribution is -2.50. The number of guanidine groups is 1. The minimum absolute atomic E-state index is 0.0868. The van der Waals surface area contributed by atoms with Crippen molar-refractivity contribution in [2.45, 2.75) is 99.7 Å². The van der Waals surface area contributed by atoms with Crippen LogP contribution in [0.2, 0.25) is 0 Å². The fourth-order valence-corrected chi connectivity index (χ4v) is 4.71. The predicted octanol–water partition coefficient (Wildman–Crippen LogP) is 5.56. The van der Waals surface area contributed by atoms with Crippen LogP contribution in [0.1, 0.15) is 81.1 Å². The van der Waals surface area contributed by atoms with E-state index in [1.807, 2.05) is 0 Å². The van der Waals surface area contributed by atoms with Crippen molar-refractivity contribution in [2.75, 3.05) is 20.3 Å². The van der Waals surface area contributed by atoms with E-state index in [4.69, 9.17) is 33.4 Å². The zero-order valence-corrected chi connectivity index (χ0v) is 26.0. The quantitative estimate of drug-likeness (QED) is 0.0587. The fraction of sp³-hybridized carbons (Fsp3) is 0.840. The van der Waals surface area contributed by atoms with Gasteiger partial charge in [-0.05, 0) is 31.6 Å². The van der Waals surface area contributed by atoms with Crippen molar-refractivity contribution in [2.24, 2.45) is 17.8 Å². The highest BCUT2D eigenvalue weighted by Gasteiger charge is 2.41. The number of carbonyl (C=O) groups excluding carboxylic acids is 2. The molecule has 5 atom stereocenters. The Morgan fingerprint density at radius 2 is 1.25 bits per heavy atom. The second kappa shape index (κ2) is 18.7. The molecule has 3 N–H and O–H groups in total. The summed E-state index contributed by atoms with van der Waals surface area (Å²) >= 11 is 0. The van der Waals surface area contributed by atoms with Gasteiger partial charge in [-0.3, -0.25) is 19.5 Å². The predicted molar refractivity (Wildman–Crippen MR) is 147 cm³/mol. The van der Waals surface area contributed by atoms with Gasteiger partial charge in [-0.25, -0.2) is 18.9 Å². The first kappa shape index (κ1) is 37.4. The first-order chi connectivity index (χ1) is 18.7. The van der Waals surface area contributed by atoms with Crippen LogP contribution in [0.25, 0.3) is 0 Å². The normalized spacial score (nSPS) is 16.4. The van der Waals surface area contributed by atoms with Crippen molar-refractivity contribution in [1.82, 2.24) is 9.99 Å². The van der Waals surface area contributed by atoms with Crippen LogP contribution in [0.4, 0.5) is 9.59 Å². The van der Waals surface area contributed by atoms with Gasteiger partial charge in [0.25, 0.3) is 0 Å². The number of hydrogen-bond donors (Lipinski definition) is 3. The maximum Gasteiger partial charge on any atom is 0.510 e. The van der Waals surface area contributed by atoms with E-state index in [-0.39, 0.29) is 13.2 Å². The van der Waals surface area contributed by atoms with Crippen molar-refractivity contribution < 1.29 is 52.1 Å². The van der Waals surface area contributed by atoms with Crippen LogP contribution < -0.4 is 5.09 Å². The molecule has 234 valence electrons. The van der Waals surface area contributed by atoms with Crippen molar-refractivity contribution in [1.29, 1.82) is 5.41 Å². The van der Waals surface area contributed by atoms with Gasteiger partial charge in [-0.1, -0.05) is 55.4 Å². The largest absolute Gasteiger partial charge is 0.510 e. The van der Waals surface area contributed by atoms with Gasteiger partial charge in [-0.15, -0.1) is 0 Å². The fourth-order valence-electron chi connectivity index (χ4n) is 3.09. The second-order valence-electron chi connectivity index (χ2n) is 9.75. The number of carboxylic acid groups (broad SMARTS) is 1. The molecule has 0 amide bonds. The van der Waals surface area contributed by atoms with Crippen LogP contribution in [-0.4, -0.2) is 73.1 Å². The number of likely N-dealkylation sites (N-methyl/N-ethyl adjacent to an activating group) is 1. The summed E-state index contributed by atoms with van der Waals surface area (Å²) < 4.78 is 46.1. The molecule has 0 rings (SSSR count). The molecule has 0 radical (unpaired) electrons. The number of aliphatic carboxylic acids is 1. The first-order valence-electron chi connectivity index (χ1n) is 13.6. The summed E-state index contributed by atoms with van der Waals surface area (Å²) in [5.41, 5.74) is 0. The molecule has 14 nitrogen and oxygen atoms in total. The van der Waals surface area contributed by atoms with Crippen LogP contribution in [-0.2, 0) is 37.4 Å². The number of hydrogen-bond acceptors (Lipinski definition) is 11. The Kier molecular flexibility index (Phi) is 17.5. The Balaban J connectivity index is 6.39. The molecule has 0 aliphatic rings. The first-order valence-corrected chi connectivity index (χ1v) is 15.2. The molecular weight excluding hydrogens is 549 g/mol. The van der Waals surface area contributed by atoms with Crippen molar-refractivity contribution >= 4 is 32.0 Å². The van der Waals surface area contributed by atoms with E-state index in [0.29, 0.717) is 25.7 Å². The molecule has 0 aromatic rings. The Bertz CT molecular complexity index is 816. The summed E-state index contributed by atoms with van der Waals surface area (Å²) in [6.45, 7) is 14.0. The molecule has 0 fully saturated rings. The minimum atomic E-state index is -4.71. The number of carbonyl (C=O) groups is 3. The van der Waals surface area contributed by atoms with E-state index in [2.05, 4.69) is 5.09 Å². The zero-order valence-electron chi connectivity index (χ0n) is 25.1. The molecule has 0 saturated heterocycles. The monoisotopic (exact) mass is 597 g/mol. The van der Waals surface area contributed by atoms with E-state index >= 15 is 0 Å². The molecule has 0 aromatic heterocycles. The number of nitrogens with one attached hydrogen (secondary N) is 2. The van der Waals surface area contributed by atoms with E-state index in [1.165, 1.54) is 7.05 Å². The lowest BCUT2D eigenvalue weighted by atomic mass is 10.0. The van der Waals surface area contributed by atoms with Gasteiger partial charge in [-0.2, -0.15) is 0 Å². The number of nitrogens with zero attached hydrogens (tertiary/aromatic N) is 1. The van der Waals surface area contributed by atoms with Gasteiger partial charge in [0.2, 0.25) is 18.5 Å². The van der Waals surface area contributed by atoms with Gasteiger partial charge in [0.05, 0.1) is 13.2 Å². The lowest BCUT2D eigenvalue weighted by molar-refractivity contribution is -0.143. The topological polar surface area (TPSA) is 183 Å². The molecule has 0 bridgehead atoms. The third-order valence-corrected chi connectivity index (χ3v) is 7.33. The van der Waals surface area contributed by atoms with E-state index in [9.17, 15) is 24.1 Å². The molecule has 40 heavy (non-hydrogen) atoms. The van der Waals surface area contributed by atoms with Crippen molar-refractivity contribution in [3.63, 3.8) is 0 Å². The second-order valence-corrected chi connectivity index (χ2v) is 11.4. The molecule has 5 unspecified atom stereocenters. The summed E-state index contributed by atoms with van der Waals surface area (Å²) in [5, 5.41) is 20.5. The number of rotatable bonds is 18. The van der Waals surface area contributed by atoms with Crippen LogP contribution in [0.15, 0.2) is 0 Å². The average molecular weight is 598 g/mol. The van der Waals surface area contributed by atoms with E-state index in [1.54, 1.807) is 55.4 Å². The lowest BCUT2D eigenvalue weighted by Gasteiger charge is -2.34. The molecule has 0 aliphatic heterocycles. The zero-order chi connectivity index (χ0) is 31.0. The molecule has 15 heteroatoms. The van der Waals surface area contributed by atoms with E-state index in [0.717, 1.165) is 4.90 Å². The highest BCUT2D eigenvalue weighted by molar-refractivity contribution is 7.52. The summed E-state index contributed by atoms with van der Waals surface area (Å²) in [7, 11) is -3.39. The summed E-state index contributed by atoms with van der Waals surface area (Å²) in [6.07, 6.45) is -3.12. The summed E-state index contributed by atoms with van der Waals surface area (Å²) in [6, 6.07) is -1.16. The van der Waals surface area contributed by atoms with Gasteiger partial charge >= 0.3 is 26.0 Å². The van der Waals surface area contributed by atoms with E-state index < -0.39 is 68.4 Å². The summed E-state index contributed by atoms with van der Waals surface area (Å²) in [5.74, 6) is -3.28. The average Bonchev–Trinajstić information content (AvgIpc) is 2.88. The van der Waals surface area contributed by atoms with Crippen molar-refractivity contribution in [3.05, 3.63) is 0 Å². The maximum absolute atomic E-state index is 14.2. The molecular formula is C25H48N3O11P. The standard InChI is InChI=1S/C25H48N3O11P/c1-10-14-34-24(31)36-21(17(7)12-3)38-40(33,27-23(26)28(9)19(16(5)6)20(29)30)39-22(18(8)13-4)37-25(32)35-15-11-2/h16-19,21-22H,10-15H2,1-9H3,(H,29,30)(H2,26,27,33). The van der Waals surface area contributed by atoms with Crippen LogP contribution in [0.5, 0.6) is 0 Å². The van der Waals surface area contributed by atoms with Gasteiger partial charge in [0.15, 0.2) is 0 Å². The third-order valence-electron chi connectivity index (χ3n) is 5.87. The molecule has 0 heterocycles. The Labute approximate surface area is 237 Å². The molecule has 0 saturated carbocycles. The Morgan fingerprint density at radius 3 is 1.55 bits per heavy atom. The molecule has 0 aromatic carbocycles. The highest BCUT2D eigenvalue weighted by atomic mass is 31.2. The Morgan fingerprint density at radius 1 is 0.850 bits per heavy atom. The highest BCUT2D eigenvalue weighted by Crippen LogP contribution is 2.49. The third kappa shape index (κ3) is 13.2. The van der Waals surface area contributed by atoms with Gasteiger partial charge in [0, 0.05) is 18.9 Å². The van der Waals surface area contributed by atoms with Crippen LogP contribution in [0, 0.1) is 23.2 Å². The van der Waals surface area contributed by atoms with Crippen molar-refractivity contribution in [3.8, 4) is 0 Å². The van der Waals surface area contributed by atoms with Crippen LogP contribution in [0.3, 0.4) is 0 Å². The Hall–Kier alpha value is -2.57. The van der Waals surface area contributed by atoms with Gasteiger partial charge in [0.1, 0.15) is 6.04 Å². The minimum Gasteiger partial charge on any atom is -0.480 e. The number of ether oxygens (including phenoxy) is 4. The smallest absolute Gasteiger partial charge is 0.480 e.